The van der Waals surface area contributed by atoms with E-state index >= 15 is 0 Å². The highest BCUT2D eigenvalue weighted by Crippen LogP contribution is 2.16. The lowest BCUT2D eigenvalue weighted by Gasteiger charge is -2.05. The molecule has 1 nitrogen and oxygen atoms in total. The molecule has 0 spiro atoms. The van der Waals surface area contributed by atoms with E-state index in [1.165, 1.54) is 89.9 Å². The zero-order valence-electron chi connectivity index (χ0n) is 14.6. The number of nitrogens with one attached hydrogen (secondary N) is 1. The van der Waals surface area contributed by atoms with E-state index in [1.54, 1.807) is 11.1 Å². The molecule has 1 N–H and O–H groups in total. The highest BCUT2D eigenvalue weighted by atomic mass is 14.6. The smallest absolute Gasteiger partial charge is 0.00401 e. The number of rotatable bonds is 14. The Labute approximate surface area is 132 Å². The van der Waals surface area contributed by atoms with Crippen LogP contribution < -0.4 is 0 Å². The van der Waals surface area contributed by atoms with Crippen molar-refractivity contribution in [1.29, 1.82) is 0 Å². The molecule has 0 fully saturated rings. The number of unbranched alkanes of at least 4 members (excludes halogenated alkanes) is 10. The van der Waals surface area contributed by atoms with Crippen molar-refractivity contribution >= 4 is 0 Å². The first kappa shape index (κ1) is 18.3. The van der Waals surface area contributed by atoms with E-state index < -0.39 is 0 Å². The standard InChI is InChI=1S/C20H37N/c1-3-5-7-9-10-11-12-14-16-20-18-21-17-19(20)15-13-8-6-4-2/h17-18,21H,3-16H2,1-2H3. The fourth-order valence-electron chi connectivity index (χ4n) is 3.09. The minimum absolute atomic E-state index is 1.27. The predicted octanol–water partition coefficient (Wildman–Crippen LogP) is 6.82. The molecule has 122 valence electrons. The lowest BCUT2D eigenvalue weighted by molar-refractivity contribution is 0.575. The SMILES string of the molecule is CCCCCCCCCCc1c[nH]cc1CCCCCC. The first-order chi connectivity index (χ1) is 10.4. The van der Waals surface area contributed by atoms with E-state index in [4.69, 9.17) is 0 Å². The second-order valence-electron chi connectivity index (χ2n) is 6.54. The number of hydrogen-bond donors (Lipinski definition) is 1. The lowest BCUT2D eigenvalue weighted by atomic mass is 10.0. The molecule has 0 aliphatic carbocycles. The van der Waals surface area contributed by atoms with Gasteiger partial charge in [-0.1, -0.05) is 78.1 Å². The van der Waals surface area contributed by atoms with Crippen molar-refractivity contribution in [3.63, 3.8) is 0 Å². The topological polar surface area (TPSA) is 15.8 Å². The normalized spacial score (nSPS) is 11.1. The van der Waals surface area contributed by atoms with E-state index in [9.17, 15) is 0 Å². The zero-order chi connectivity index (χ0) is 15.2. The molecule has 0 saturated heterocycles. The van der Waals surface area contributed by atoms with E-state index in [1.807, 2.05) is 0 Å². The van der Waals surface area contributed by atoms with Crippen molar-refractivity contribution in [1.82, 2.24) is 4.98 Å². The molecule has 1 rings (SSSR count). The maximum atomic E-state index is 3.31. The molecular formula is C20H37N. The van der Waals surface area contributed by atoms with Crippen LogP contribution in [0.25, 0.3) is 0 Å². The Hall–Kier alpha value is -0.720. The third kappa shape index (κ3) is 9.01. The van der Waals surface area contributed by atoms with E-state index in [0.29, 0.717) is 0 Å². The molecular weight excluding hydrogens is 254 g/mol. The van der Waals surface area contributed by atoms with Crippen LogP contribution in [0, 0.1) is 0 Å². The van der Waals surface area contributed by atoms with E-state index in [2.05, 4.69) is 31.2 Å². The molecule has 0 amide bonds. The number of hydrogen-bond acceptors (Lipinski definition) is 0. The van der Waals surface area contributed by atoms with Crippen molar-refractivity contribution in [3.05, 3.63) is 23.5 Å². The first-order valence-electron chi connectivity index (χ1n) is 9.53. The summed E-state index contributed by atoms with van der Waals surface area (Å²) in [5.41, 5.74) is 3.16. The van der Waals surface area contributed by atoms with Crippen LogP contribution in [0.3, 0.4) is 0 Å². The van der Waals surface area contributed by atoms with E-state index in [-0.39, 0.29) is 0 Å². The minimum Gasteiger partial charge on any atom is -0.367 e. The summed E-state index contributed by atoms with van der Waals surface area (Å²) in [4.78, 5) is 3.31. The van der Waals surface area contributed by atoms with Crippen LogP contribution in [-0.4, -0.2) is 4.98 Å². The maximum Gasteiger partial charge on any atom is 0.00401 e. The van der Waals surface area contributed by atoms with Gasteiger partial charge in [0.15, 0.2) is 0 Å². The Morgan fingerprint density at radius 3 is 1.43 bits per heavy atom. The maximum absolute atomic E-state index is 3.31. The molecule has 0 unspecified atom stereocenters. The molecule has 1 aromatic rings. The van der Waals surface area contributed by atoms with Gasteiger partial charge < -0.3 is 4.98 Å². The Kier molecular flexibility index (Phi) is 11.3. The fourth-order valence-corrected chi connectivity index (χ4v) is 3.09. The first-order valence-corrected chi connectivity index (χ1v) is 9.53. The van der Waals surface area contributed by atoms with Crippen molar-refractivity contribution < 1.29 is 0 Å². The summed E-state index contributed by atoms with van der Waals surface area (Å²) in [6.45, 7) is 4.57. The highest BCUT2D eigenvalue weighted by Gasteiger charge is 2.03. The number of H-pyrrole nitrogens is 1. The monoisotopic (exact) mass is 291 g/mol. The van der Waals surface area contributed by atoms with Crippen LogP contribution in [-0.2, 0) is 12.8 Å². The lowest BCUT2D eigenvalue weighted by Crippen LogP contribution is -1.91. The van der Waals surface area contributed by atoms with Crippen LogP contribution in [0.2, 0.25) is 0 Å². The third-order valence-corrected chi connectivity index (χ3v) is 4.53. The molecule has 1 aromatic heterocycles. The van der Waals surface area contributed by atoms with Gasteiger partial charge in [-0.25, -0.2) is 0 Å². The zero-order valence-corrected chi connectivity index (χ0v) is 14.6. The van der Waals surface area contributed by atoms with Crippen LogP contribution in [0.5, 0.6) is 0 Å². The summed E-state index contributed by atoms with van der Waals surface area (Å²) in [6, 6.07) is 0. The molecule has 0 radical (unpaired) electrons. The Morgan fingerprint density at radius 1 is 0.571 bits per heavy atom. The molecule has 0 atom stereocenters. The van der Waals surface area contributed by atoms with Gasteiger partial charge in [-0.15, -0.1) is 0 Å². The predicted molar refractivity (Wildman–Crippen MR) is 95.0 cm³/mol. The Bertz CT molecular complexity index is 326. The molecule has 0 aliphatic rings. The average molecular weight is 292 g/mol. The van der Waals surface area contributed by atoms with Crippen molar-refractivity contribution in [3.8, 4) is 0 Å². The average Bonchev–Trinajstić information content (AvgIpc) is 2.94. The second kappa shape index (κ2) is 13.0. The van der Waals surface area contributed by atoms with Gasteiger partial charge in [-0.05, 0) is 36.8 Å². The largest absolute Gasteiger partial charge is 0.367 e. The fraction of sp³-hybridized carbons (Fsp3) is 0.800. The third-order valence-electron chi connectivity index (χ3n) is 4.53. The van der Waals surface area contributed by atoms with Crippen LogP contribution in [0.15, 0.2) is 12.4 Å². The summed E-state index contributed by atoms with van der Waals surface area (Å²) in [6.07, 6.45) is 23.8. The quantitative estimate of drug-likeness (QED) is 0.362. The molecule has 0 aromatic carbocycles. The number of aromatic nitrogens is 1. The van der Waals surface area contributed by atoms with Gasteiger partial charge >= 0.3 is 0 Å². The van der Waals surface area contributed by atoms with Crippen LogP contribution in [0.4, 0.5) is 0 Å². The van der Waals surface area contributed by atoms with Gasteiger partial charge in [-0.2, -0.15) is 0 Å². The molecule has 0 bridgehead atoms. The van der Waals surface area contributed by atoms with Crippen LogP contribution in [0.1, 0.15) is 102 Å². The Balaban J connectivity index is 2.05. The summed E-state index contributed by atoms with van der Waals surface area (Å²) < 4.78 is 0. The van der Waals surface area contributed by atoms with Crippen LogP contribution >= 0.6 is 0 Å². The van der Waals surface area contributed by atoms with Gasteiger partial charge in [0.25, 0.3) is 0 Å². The second-order valence-corrected chi connectivity index (χ2v) is 6.54. The van der Waals surface area contributed by atoms with Crippen molar-refractivity contribution in [2.75, 3.05) is 0 Å². The summed E-state index contributed by atoms with van der Waals surface area (Å²) >= 11 is 0. The summed E-state index contributed by atoms with van der Waals surface area (Å²) in [7, 11) is 0. The van der Waals surface area contributed by atoms with Crippen molar-refractivity contribution in [2.24, 2.45) is 0 Å². The molecule has 21 heavy (non-hydrogen) atoms. The molecule has 0 aliphatic heterocycles. The van der Waals surface area contributed by atoms with Gasteiger partial charge in [-0.3, -0.25) is 0 Å². The van der Waals surface area contributed by atoms with Crippen molar-refractivity contribution in [2.45, 2.75) is 104 Å². The highest BCUT2D eigenvalue weighted by molar-refractivity contribution is 5.23. The molecule has 0 saturated carbocycles. The summed E-state index contributed by atoms with van der Waals surface area (Å²) in [5.74, 6) is 0. The number of aromatic amines is 1. The van der Waals surface area contributed by atoms with Gasteiger partial charge in [0, 0.05) is 12.4 Å². The number of aryl methyl sites for hydroxylation is 2. The molecule has 1 heteroatoms. The van der Waals surface area contributed by atoms with Gasteiger partial charge in [0.05, 0.1) is 0 Å². The van der Waals surface area contributed by atoms with Gasteiger partial charge in [0.1, 0.15) is 0 Å². The minimum atomic E-state index is 1.27. The van der Waals surface area contributed by atoms with E-state index in [0.717, 1.165) is 0 Å². The summed E-state index contributed by atoms with van der Waals surface area (Å²) in [5, 5.41) is 0. The molecule has 1 heterocycles. The van der Waals surface area contributed by atoms with Gasteiger partial charge in [0.2, 0.25) is 0 Å². The Morgan fingerprint density at radius 2 is 0.952 bits per heavy atom.